The first-order valence-electron chi connectivity index (χ1n) is 9.15. The number of aryl methyl sites for hydroxylation is 1. The van der Waals surface area contributed by atoms with E-state index >= 15 is 0 Å². The summed E-state index contributed by atoms with van der Waals surface area (Å²) in [5.41, 5.74) is 1.59. The van der Waals surface area contributed by atoms with Crippen molar-refractivity contribution in [1.82, 2.24) is 25.0 Å². The topological polar surface area (TPSA) is 85.0 Å². The zero-order valence-corrected chi connectivity index (χ0v) is 14.3. The Hall–Kier alpha value is -2.31. The predicted octanol–water partition coefficient (Wildman–Crippen LogP) is 2.55. The summed E-state index contributed by atoms with van der Waals surface area (Å²) in [6.45, 7) is 3.21. The van der Waals surface area contributed by atoms with Gasteiger partial charge in [-0.05, 0) is 39.0 Å². The molecule has 1 amide bonds. The standard InChI is InChI=1S/C18H21N5O2/c1-10-19-8-14(15(20-10)11-2-3-11)18(24)23-7-6-13(9-23)17-21-16(22-25-17)12-4-5-12/h8,11-13H,2-7,9H2,1H3. The van der Waals surface area contributed by atoms with E-state index in [-0.39, 0.29) is 11.8 Å². The Morgan fingerprint density at radius 1 is 1.12 bits per heavy atom. The van der Waals surface area contributed by atoms with Crippen LogP contribution < -0.4 is 0 Å². The molecule has 2 aromatic rings. The number of aromatic nitrogens is 4. The molecule has 7 nitrogen and oxygen atoms in total. The fraction of sp³-hybridized carbons (Fsp3) is 0.611. The van der Waals surface area contributed by atoms with E-state index in [0.29, 0.717) is 36.4 Å². The Labute approximate surface area is 145 Å². The SMILES string of the molecule is Cc1ncc(C(=O)N2CCC(c3nc(C4CC4)no3)C2)c(C2CC2)n1. The Kier molecular flexibility index (Phi) is 3.36. The van der Waals surface area contributed by atoms with Crippen molar-refractivity contribution < 1.29 is 9.32 Å². The van der Waals surface area contributed by atoms with Crippen molar-refractivity contribution in [3.05, 3.63) is 35.0 Å². The van der Waals surface area contributed by atoms with Crippen molar-refractivity contribution >= 4 is 5.91 Å². The summed E-state index contributed by atoms with van der Waals surface area (Å²) in [4.78, 5) is 28.2. The zero-order valence-electron chi connectivity index (χ0n) is 14.3. The second-order valence-electron chi connectivity index (χ2n) is 7.49. The van der Waals surface area contributed by atoms with Crippen molar-refractivity contribution in [2.24, 2.45) is 0 Å². The number of nitrogens with zero attached hydrogens (tertiary/aromatic N) is 5. The fourth-order valence-electron chi connectivity index (χ4n) is 3.56. The Morgan fingerprint density at radius 3 is 2.68 bits per heavy atom. The summed E-state index contributed by atoms with van der Waals surface area (Å²) < 4.78 is 5.45. The Bertz CT molecular complexity index is 825. The molecule has 2 aliphatic carbocycles. The molecule has 0 aromatic carbocycles. The lowest BCUT2D eigenvalue weighted by molar-refractivity contribution is 0.0787. The molecular weight excluding hydrogens is 318 g/mol. The van der Waals surface area contributed by atoms with Gasteiger partial charge in [-0.2, -0.15) is 4.98 Å². The van der Waals surface area contributed by atoms with Gasteiger partial charge in [-0.3, -0.25) is 4.79 Å². The fourth-order valence-corrected chi connectivity index (χ4v) is 3.56. The molecule has 2 aromatic heterocycles. The van der Waals surface area contributed by atoms with Crippen molar-refractivity contribution in [2.75, 3.05) is 13.1 Å². The van der Waals surface area contributed by atoms with Gasteiger partial charge in [0.15, 0.2) is 5.82 Å². The van der Waals surface area contributed by atoms with Crippen LogP contribution in [0.3, 0.4) is 0 Å². The molecule has 1 atom stereocenters. The average molecular weight is 339 g/mol. The van der Waals surface area contributed by atoms with E-state index in [2.05, 4.69) is 20.1 Å². The average Bonchev–Trinajstić information content (AvgIpc) is 3.54. The van der Waals surface area contributed by atoms with E-state index in [1.54, 1.807) is 6.20 Å². The van der Waals surface area contributed by atoms with E-state index < -0.39 is 0 Å². The smallest absolute Gasteiger partial charge is 0.257 e. The van der Waals surface area contributed by atoms with Crippen LogP contribution in [0.5, 0.6) is 0 Å². The van der Waals surface area contributed by atoms with Gasteiger partial charge in [0.25, 0.3) is 5.91 Å². The maximum absolute atomic E-state index is 13.0. The second-order valence-corrected chi connectivity index (χ2v) is 7.49. The maximum Gasteiger partial charge on any atom is 0.257 e. The quantitative estimate of drug-likeness (QED) is 0.851. The monoisotopic (exact) mass is 339 g/mol. The van der Waals surface area contributed by atoms with Crippen LogP contribution in [0.4, 0.5) is 0 Å². The number of carbonyl (C=O) groups excluding carboxylic acids is 1. The minimum Gasteiger partial charge on any atom is -0.339 e. The summed E-state index contributed by atoms with van der Waals surface area (Å²) in [7, 11) is 0. The van der Waals surface area contributed by atoms with Gasteiger partial charge in [-0.15, -0.1) is 0 Å². The van der Waals surface area contributed by atoms with Crippen LogP contribution in [0.2, 0.25) is 0 Å². The molecule has 2 saturated carbocycles. The molecule has 0 spiro atoms. The zero-order chi connectivity index (χ0) is 17.0. The molecular formula is C18H21N5O2. The van der Waals surface area contributed by atoms with E-state index in [0.717, 1.165) is 49.4 Å². The molecule has 130 valence electrons. The molecule has 3 heterocycles. The van der Waals surface area contributed by atoms with Crippen molar-refractivity contribution in [2.45, 2.75) is 56.8 Å². The third-order valence-electron chi connectivity index (χ3n) is 5.36. The van der Waals surface area contributed by atoms with Gasteiger partial charge in [0.2, 0.25) is 5.89 Å². The van der Waals surface area contributed by atoms with E-state index in [1.165, 1.54) is 0 Å². The van der Waals surface area contributed by atoms with E-state index in [9.17, 15) is 4.79 Å². The van der Waals surface area contributed by atoms with Crippen LogP contribution in [-0.2, 0) is 0 Å². The normalized spacial score (nSPS) is 23.2. The van der Waals surface area contributed by atoms with Gasteiger partial charge < -0.3 is 9.42 Å². The van der Waals surface area contributed by atoms with Crippen molar-refractivity contribution in [3.63, 3.8) is 0 Å². The molecule has 3 fully saturated rings. The van der Waals surface area contributed by atoms with Crippen LogP contribution in [0.25, 0.3) is 0 Å². The highest BCUT2D eigenvalue weighted by atomic mass is 16.5. The number of amides is 1. The number of rotatable bonds is 4. The maximum atomic E-state index is 13.0. The van der Waals surface area contributed by atoms with Gasteiger partial charge in [0, 0.05) is 31.1 Å². The highest BCUT2D eigenvalue weighted by Gasteiger charge is 2.36. The van der Waals surface area contributed by atoms with Gasteiger partial charge >= 0.3 is 0 Å². The largest absolute Gasteiger partial charge is 0.339 e. The van der Waals surface area contributed by atoms with Gasteiger partial charge in [-0.1, -0.05) is 5.16 Å². The third-order valence-corrected chi connectivity index (χ3v) is 5.36. The van der Waals surface area contributed by atoms with E-state index in [1.807, 2.05) is 11.8 Å². The van der Waals surface area contributed by atoms with Gasteiger partial charge in [-0.25, -0.2) is 9.97 Å². The third kappa shape index (κ3) is 2.81. The van der Waals surface area contributed by atoms with Crippen LogP contribution >= 0.6 is 0 Å². The second kappa shape index (κ2) is 5.61. The molecule has 5 rings (SSSR count). The van der Waals surface area contributed by atoms with E-state index in [4.69, 9.17) is 4.52 Å². The first-order chi connectivity index (χ1) is 12.2. The molecule has 1 unspecified atom stereocenters. The molecule has 3 aliphatic rings. The van der Waals surface area contributed by atoms with Crippen LogP contribution in [-0.4, -0.2) is 44.0 Å². The number of likely N-dealkylation sites (tertiary alicyclic amines) is 1. The minimum absolute atomic E-state index is 0.0336. The summed E-state index contributed by atoms with van der Waals surface area (Å²) >= 11 is 0. The molecule has 25 heavy (non-hydrogen) atoms. The summed E-state index contributed by atoms with van der Waals surface area (Å²) in [5, 5.41) is 4.10. The summed E-state index contributed by atoms with van der Waals surface area (Å²) in [6, 6.07) is 0. The molecule has 0 bridgehead atoms. The number of hydrogen-bond donors (Lipinski definition) is 0. The molecule has 1 aliphatic heterocycles. The van der Waals surface area contributed by atoms with Gasteiger partial charge in [0.05, 0.1) is 17.2 Å². The Balaban J connectivity index is 1.33. The minimum atomic E-state index is 0.0336. The molecule has 0 radical (unpaired) electrons. The predicted molar refractivity (Wildman–Crippen MR) is 88.3 cm³/mol. The first-order valence-corrected chi connectivity index (χ1v) is 9.15. The Morgan fingerprint density at radius 2 is 1.92 bits per heavy atom. The van der Waals surface area contributed by atoms with Crippen molar-refractivity contribution in [3.8, 4) is 0 Å². The van der Waals surface area contributed by atoms with Crippen LogP contribution in [0.15, 0.2) is 10.7 Å². The summed E-state index contributed by atoms with van der Waals surface area (Å²) in [6.07, 6.45) is 7.11. The highest BCUT2D eigenvalue weighted by molar-refractivity contribution is 5.95. The summed E-state index contributed by atoms with van der Waals surface area (Å²) in [5.74, 6) is 3.34. The lowest BCUT2D eigenvalue weighted by atomic mass is 10.1. The number of hydrogen-bond acceptors (Lipinski definition) is 6. The van der Waals surface area contributed by atoms with Crippen LogP contribution in [0, 0.1) is 6.92 Å². The molecule has 0 N–H and O–H groups in total. The molecule has 7 heteroatoms. The van der Waals surface area contributed by atoms with Crippen molar-refractivity contribution in [1.29, 1.82) is 0 Å². The number of carbonyl (C=O) groups is 1. The first kappa shape index (κ1) is 15.0. The van der Waals surface area contributed by atoms with Gasteiger partial charge in [0.1, 0.15) is 5.82 Å². The molecule has 1 saturated heterocycles. The lowest BCUT2D eigenvalue weighted by Gasteiger charge is -2.17. The highest BCUT2D eigenvalue weighted by Crippen LogP contribution is 2.41. The lowest BCUT2D eigenvalue weighted by Crippen LogP contribution is -2.30. The van der Waals surface area contributed by atoms with Crippen LogP contribution in [0.1, 0.15) is 83.4 Å².